The van der Waals surface area contributed by atoms with E-state index in [4.69, 9.17) is 23.4 Å². The van der Waals surface area contributed by atoms with E-state index >= 15 is 0 Å². The molecule has 2 aromatic heterocycles. The van der Waals surface area contributed by atoms with Crippen molar-refractivity contribution in [1.29, 1.82) is 0 Å². The summed E-state index contributed by atoms with van der Waals surface area (Å²) in [7, 11) is 0. The number of aromatic carboxylic acids is 2. The highest BCUT2D eigenvalue weighted by atomic mass is 16.5. The maximum atomic E-state index is 12.6. The quantitative estimate of drug-likeness (QED) is 0.142. The second-order valence-electron chi connectivity index (χ2n) is 10.8. The van der Waals surface area contributed by atoms with Gasteiger partial charge in [0, 0.05) is 12.1 Å². The van der Waals surface area contributed by atoms with Gasteiger partial charge in [-0.25, -0.2) is 9.59 Å². The molecular weight excluding hydrogens is 620 g/mol. The van der Waals surface area contributed by atoms with Crippen LogP contribution in [0, 0.1) is 13.8 Å². The highest BCUT2D eigenvalue weighted by Crippen LogP contribution is 2.30. The molecule has 2 heterocycles. The summed E-state index contributed by atoms with van der Waals surface area (Å²) in [6.07, 6.45) is 0. The number of benzene rings is 4. The van der Waals surface area contributed by atoms with Crippen LogP contribution in [0.5, 0.6) is 11.5 Å². The van der Waals surface area contributed by atoms with Crippen molar-refractivity contribution in [3.05, 3.63) is 139 Å². The molecule has 0 amide bonds. The number of carboxylic acid groups (broad SMARTS) is 2. The SMILES string of the molecule is Cc1c(COc2cccc3oc(C(=O)O)cc(=O)c23)ccc(N=Nc2ccc(COc3cccc4oc(C(=O)O)cc(=O)c34)cc2)c1C. The molecule has 0 saturated heterocycles. The fourth-order valence-corrected chi connectivity index (χ4v) is 5.02. The van der Waals surface area contributed by atoms with Gasteiger partial charge >= 0.3 is 11.9 Å². The van der Waals surface area contributed by atoms with Gasteiger partial charge < -0.3 is 28.5 Å². The lowest BCUT2D eigenvalue weighted by Gasteiger charge is -2.13. The Kier molecular flexibility index (Phi) is 8.54. The molecule has 12 nitrogen and oxygen atoms in total. The first-order chi connectivity index (χ1) is 23.1. The van der Waals surface area contributed by atoms with Gasteiger partial charge in [-0.05, 0) is 78.6 Å². The van der Waals surface area contributed by atoms with Crippen LogP contribution in [0.15, 0.2) is 114 Å². The van der Waals surface area contributed by atoms with Gasteiger partial charge in [0.1, 0.15) is 46.7 Å². The van der Waals surface area contributed by atoms with E-state index < -0.39 is 34.3 Å². The molecule has 0 bridgehead atoms. The van der Waals surface area contributed by atoms with Crippen molar-refractivity contribution in [1.82, 2.24) is 0 Å². The monoisotopic (exact) mass is 646 g/mol. The van der Waals surface area contributed by atoms with Crippen molar-refractivity contribution in [2.75, 3.05) is 0 Å². The van der Waals surface area contributed by atoms with E-state index in [0.717, 1.165) is 34.4 Å². The third kappa shape index (κ3) is 6.40. The molecule has 0 atom stereocenters. The van der Waals surface area contributed by atoms with Crippen LogP contribution in [0.3, 0.4) is 0 Å². The molecule has 240 valence electrons. The number of azo groups is 1. The van der Waals surface area contributed by atoms with E-state index in [-0.39, 0.29) is 46.7 Å². The maximum absolute atomic E-state index is 12.6. The van der Waals surface area contributed by atoms with Crippen LogP contribution in [-0.4, -0.2) is 22.2 Å². The number of hydrogen-bond acceptors (Lipinski definition) is 10. The first-order valence-corrected chi connectivity index (χ1v) is 14.5. The molecule has 0 radical (unpaired) electrons. The van der Waals surface area contributed by atoms with Crippen molar-refractivity contribution in [2.24, 2.45) is 10.2 Å². The topological polar surface area (TPSA) is 178 Å². The zero-order valence-electron chi connectivity index (χ0n) is 25.6. The maximum Gasteiger partial charge on any atom is 0.371 e. The zero-order chi connectivity index (χ0) is 33.9. The second kappa shape index (κ2) is 13.0. The summed E-state index contributed by atoms with van der Waals surface area (Å²) in [6.45, 7) is 4.15. The number of fused-ring (bicyclic) bond motifs is 2. The Balaban J connectivity index is 1.12. The van der Waals surface area contributed by atoms with Gasteiger partial charge in [-0.1, -0.05) is 30.3 Å². The van der Waals surface area contributed by atoms with E-state index in [1.807, 2.05) is 38.1 Å². The molecule has 2 N–H and O–H groups in total. The van der Waals surface area contributed by atoms with Crippen LogP contribution in [0.1, 0.15) is 43.4 Å². The van der Waals surface area contributed by atoms with Crippen LogP contribution in [0.2, 0.25) is 0 Å². The minimum atomic E-state index is -1.33. The van der Waals surface area contributed by atoms with Gasteiger partial charge in [0.2, 0.25) is 11.5 Å². The summed E-state index contributed by atoms with van der Waals surface area (Å²) in [4.78, 5) is 47.6. The van der Waals surface area contributed by atoms with E-state index in [9.17, 15) is 24.3 Å². The molecule has 0 spiro atoms. The van der Waals surface area contributed by atoms with E-state index in [2.05, 4.69) is 10.2 Å². The standard InChI is InChI=1S/C36H26N2O10/c1-19-20(2)24(14-11-22(19)18-46-28-6-4-8-30-34(28)26(40)16-32(48-30)36(43)44)38-37-23-12-9-21(10-13-23)17-45-27-5-3-7-29-33(27)25(39)15-31(47-29)35(41)42/h3-16H,17-18H2,1-2H3,(H,41,42)(H,43,44). The Hall–Kier alpha value is -6.56. The van der Waals surface area contributed by atoms with Crippen molar-refractivity contribution >= 4 is 45.3 Å². The molecule has 0 aliphatic carbocycles. The summed E-state index contributed by atoms with van der Waals surface area (Å²) >= 11 is 0. The molecule has 48 heavy (non-hydrogen) atoms. The molecule has 0 saturated carbocycles. The van der Waals surface area contributed by atoms with Gasteiger partial charge in [0.25, 0.3) is 0 Å². The predicted octanol–water partition coefficient (Wildman–Crippen LogP) is 7.49. The highest BCUT2D eigenvalue weighted by molar-refractivity contribution is 5.90. The average Bonchev–Trinajstić information content (AvgIpc) is 3.07. The third-order valence-corrected chi connectivity index (χ3v) is 7.71. The number of nitrogens with zero attached hydrogens (tertiary/aromatic N) is 2. The van der Waals surface area contributed by atoms with Gasteiger partial charge in [0.15, 0.2) is 10.9 Å². The minimum absolute atomic E-state index is 0.121. The normalized spacial score (nSPS) is 11.3. The number of hydrogen-bond donors (Lipinski definition) is 2. The Morgan fingerprint density at radius 1 is 0.667 bits per heavy atom. The molecule has 0 unspecified atom stereocenters. The molecule has 0 fully saturated rings. The van der Waals surface area contributed by atoms with Crippen molar-refractivity contribution in [2.45, 2.75) is 27.1 Å². The number of ether oxygens (including phenoxy) is 2. The number of carboxylic acids is 2. The Morgan fingerprint density at radius 2 is 1.21 bits per heavy atom. The van der Waals surface area contributed by atoms with Crippen molar-refractivity contribution < 1.29 is 38.1 Å². The van der Waals surface area contributed by atoms with Crippen molar-refractivity contribution in [3.63, 3.8) is 0 Å². The molecule has 0 aliphatic rings. The first-order valence-electron chi connectivity index (χ1n) is 14.5. The fraction of sp³-hybridized carbons (Fsp3) is 0.111. The Bertz CT molecular complexity index is 2370. The summed E-state index contributed by atoms with van der Waals surface area (Å²) in [6, 6.07) is 22.3. The molecule has 6 rings (SSSR count). The van der Waals surface area contributed by atoms with Gasteiger partial charge in [-0.15, -0.1) is 0 Å². The summed E-state index contributed by atoms with van der Waals surface area (Å²) < 4.78 is 22.5. The smallest absolute Gasteiger partial charge is 0.371 e. The Morgan fingerprint density at radius 3 is 1.75 bits per heavy atom. The van der Waals surface area contributed by atoms with Gasteiger partial charge in [0.05, 0.1) is 11.4 Å². The molecule has 0 aliphatic heterocycles. The van der Waals surface area contributed by atoms with Gasteiger partial charge in [-0.2, -0.15) is 10.2 Å². The largest absolute Gasteiger partial charge is 0.488 e. The van der Waals surface area contributed by atoms with Crippen LogP contribution < -0.4 is 20.3 Å². The molecule has 12 heteroatoms. The van der Waals surface area contributed by atoms with E-state index in [0.29, 0.717) is 11.4 Å². The first kappa shape index (κ1) is 31.4. The lowest BCUT2D eigenvalue weighted by molar-refractivity contribution is 0.0653. The van der Waals surface area contributed by atoms with Crippen molar-refractivity contribution in [3.8, 4) is 11.5 Å². The lowest BCUT2D eigenvalue weighted by atomic mass is 10.0. The second-order valence-corrected chi connectivity index (χ2v) is 10.8. The van der Waals surface area contributed by atoms with Gasteiger partial charge in [-0.3, -0.25) is 9.59 Å². The van der Waals surface area contributed by atoms with Crippen LogP contribution in [0.4, 0.5) is 11.4 Å². The molecule has 4 aromatic carbocycles. The Labute approximate surface area is 271 Å². The predicted molar refractivity (Wildman–Crippen MR) is 174 cm³/mol. The molecule has 6 aromatic rings. The number of rotatable bonds is 10. The van der Waals surface area contributed by atoms with E-state index in [1.54, 1.807) is 36.4 Å². The summed E-state index contributed by atoms with van der Waals surface area (Å²) in [5.74, 6) is -2.99. The minimum Gasteiger partial charge on any atom is -0.488 e. The fourth-order valence-electron chi connectivity index (χ4n) is 5.02. The summed E-state index contributed by atoms with van der Waals surface area (Å²) in [5, 5.41) is 27.4. The third-order valence-electron chi connectivity index (χ3n) is 7.71. The van der Waals surface area contributed by atoms with Crippen LogP contribution >= 0.6 is 0 Å². The average molecular weight is 647 g/mol. The summed E-state index contributed by atoms with van der Waals surface area (Å²) in [5.41, 5.74) is 3.99. The molecular formula is C36H26N2O10. The van der Waals surface area contributed by atoms with E-state index in [1.165, 1.54) is 12.1 Å². The van der Waals surface area contributed by atoms with Crippen LogP contribution in [-0.2, 0) is 13.2 Å². The zero-order valence-corrected chi connectivity index (χ0v) is 25.6. The lowest BCUT2D eigenvalue weighted by Crippen LogP contribution is -2.08. The van der Waals surface area contributed by atoms with Crippen LogP contribution in [0.25, 0.3) is 21.9 Å². The number of carbonyl (C=O) groups is 2. The highest BCUT2D eigenvalue weighted by Gasteiger charge is 2.16.